The summed E-state index contributed by atoms with van der Waals surface area (Å²) in [5.41, 5.74) is 3.24. The molecule has 0 aromatic heterocycles. The van der Waals surface area contributed by atoms with E-state index in [1.165, 1.54) is 0 Å². The van der Waals surface area contributed by atoms with E-state index in [9.17, 15) is 9.50 Å². The van der Waals surface area contributed by atoms with Gasteiger partial charge >= 0.3 is 0 Å². The number of nitrogens with zero attached hydrogens (tertiary/aromatic N) is 2. The van der Waals surface area contributed by atoms with Crippen LogP contribution in [0.4, 0.5) is 10.1 Å². The van der Waals surface area contributed by atoms with Crippen molar-refractivity contribution < 1.29 is 9.50 Å². The van der Waals surface area contributed by atoms with E-state index in [0.717, 1.165) is 11.1 Å². The lowest BCUT2D eigenvalue weighted by Gasteiger charge is -2.31. The Bertz CT molecular complexity index is 747. The summed E-state index contributed by atoms with van der Waals surface area (Å²) in [4.78, 5) is 2.00. The molecule has 0 atom stereocenters. The Kier molecular flexibility index (Phi) is 5.64. The van der Waals surface area contributed by atoms with Crippen molar-refractivity contribution in [3.05, 3.63) is 65.0 Å². The molecule has 3 rings (SSSR count). The second-order valence-electron chi connectivity index (χ2n) is 6.42. The van der Waals surface area contributed by atoms with Crippen molar-refractivity contribution in [1.29, 1.82) is 5.26 Å². The van der Waals surface area contributed by atoms with Gasteiger partial charge in [0, 0.05) is 26.2 Å². The maximum absolute atomic E-state index is 14.4. The summed E-state index contributed by atoms with van der Waals surface area (Å²) in [5.74, 6) is -0.214. The largest absolute Gasteiger partial charge is 0.393 e. The molecule has 2 aromatic rings. The average molecular weight is 339 g/mol. The first-order valence-corrected chi connectivity index (χ1v) is 8.57. The molecule has 0 bridgehead atoms. The fourth-order valence-electron chi connectivity index (χ4n) is 3.07. The summed E-state index contributed by atoms with van der Waals surface area (Å²) in [6, 6.07) is 14.9. The monoisotopic (exact) mass is 339 g/mol. The van der Waals surface area contributed by atoms with Gasteiger partial charge in [0.25, 0.3) is 0 Å². The van der Waals surface area contributed by atoms with Crippen LogP contribution in [0.25, 0.3) is 0 Å². The van der Waals surface area contributed by atoms with Crippen molar-refractivity contribution in [1.82, 2.24) is 5.32 Å². The van der Waals surface area contributed by atoms with Crippen LogP contribution in [0.3, 0.4) is 0 Å². The van der Waals surface area contributed by atoms with Gasteiger partial charge in [-0.15, -0.1) is 0 Å². The summed E-state index contributed by atoms with van der Waals surface area (Å²) in [6.07, 6.45) is 1.12. The number of aliphatic hydroxyl groups excluding tert-OH is 1. The van der Waals surface area contributed by atoms with Gasteiger partial charge in [0.1, 0.15) is 5.82 Å². The fourth-order valence-corrected chi connectivity index (χ4v) is 3.07. The van der Waals surface area contributed by atoms with E-state index < -0.39 is 0 Å². The maximum atomic E-state index is 14.4. The van der Waals surface area contributed by atoms with Gasteiger partial charge in [0.2, 0.25) is 0 Å². The topological polar surface area (TPSA) is 59.3 Å². The third-order valence-electron chi connectivity index (χ3n) is 4.56. The van der Waals surface area contributed by atoms with Crippen molar-refractivity contribution in [2.75, 3.05) is 18.0 Å². The molecule has 0 amide bonds. The van der Waals surface area contributed by atoms with Gasteiger partial charge in [0.05, 0.1) is 23.4 Å². The lowest BCUT2D eigenvalue weighted by molar-refractivity contribution is 0.145. The minimum atomic E-state index is -0.259. The number of hydrogen-bond acceptors (Lipinski definition) is 4. The van der Waals surface area contributed by atoms with Crippen LogP contribution in [-0.2, 0) is 13.1 Å². The van der Waals surface area contributed by atoms with Crippen LogP contribution >= 0.6 is 0 Å². The number of benzene rings is 2. The number of hydrogen-bond donors (Lipinski definition) is 2. The molecule has 5 heteroatoms. The van der Waals surface area contributed by atoms with E-state index in [1.807, 2.05) is 29.2 Å². The van der Waals surface area contributed by atoms with Crippen molar-refractivity contribution in [2.24, 2.45) is 0 Å². The molecule has 0 unspecified atom stereocenters. The summed E-state index contributed by atoms with van der Waals surface area (Å²) >= 11 is 0. The Morgan fingerprint density at radius 2 is 1.72 bits per heavy atom. The first-order chi connectivity index (χ1) is 12.2. The maximum Gasteiger partial charge on any atom is 0.146 e. The molecule has 0 spiro atoms. The Labute approximate surface area is 147 Å². The molecule has 2 aromatic carbocycles. The van der Waals surface area contributed by atoms with Crippen LogP contribution in [0.5, 0.6) is 0 Å². The molecule has 25 heavy (non-hydrogen) atoms. The predicted octanol–water partition coefficient (Wildman–Crippen LogP) is 2.95. The van der Waals surface area contributed by atoms with Gasteiger partial charge < -0.3 is 15.3 Å². The van der Waals surface area contributed by atoms with E-state index in [1.54, 1.807) is 18.2 Å². The smallest absolute Gasteiger partial charge is 0.146 e. The summed E-state index contributed by atoms with van der Waals surface area (Å²) < 4.78 is 14.4. The number of rotatable bonds is 5. The lowest BCUT2D eigenvalue weighted by Crippen LogP contribution is -2.36. The van der Waals surface area contributed by atoms with Crippen LogP contribution in [0.1, 0.15) is 29.5 Å². The van der Waals surface area contributed by atoms with Crippen molar-refractivity contribution in [3.8, 4) is 6.07 Å². The zero-order valence-corrected chi connectivity index (χ0v) is 14.1. The second kappa shape index (κ2) is 8.11. The molecule has 1 aliphatic heterocycles. The molecular formula is C20H22FN3O. The highest BCUT2D eigenvalue weighted by molar-refractivity contribution is 5.49. The number of piperidine rings is 1. The van der Waals surface area contributed by atoms with Crippen molar-refractivity contribution >= 4 is 5.69 Å². The zero-order chi connectivity index (χ0) is 17.6. The molecular weight excluding hydrogens is 317 g/mol. The lowest BCUT2D eigenvalue weighted by atomic mass is 10.1. The van der Waals surface area contributed by atoms with Crippen LogP contribution in [0, 0.1) is 17.1 Å². The van der Waals surface area contributed by atoms with Crippen LogP contribution in [-0.4, -0.2) is 24.3 Å². The highest BCUT2D eigenvalue weighted by atomic mass is 19.1. The number of nitrogens with one attached hydrogen (secondary N) is 1. The number of aliphatic hydroxyl groups is 1. The minimum Gasteiger partial charge on any atom is -0.393 e. The molecule has 1 aliphatic rings. The SMILES string of the molecule is N#Cc1ccc(CNCc2ccc(N3CCC(O)CC3)c(F)c2)cc1. The minimum absolute atomic E-state index is 0.214. The van der Waals surface area contributed by atoms with E-state index in [0.29, 0.717) is 50.3 Å². The van der Waals surface area contributed by atoms with E-state index in [-0.39, 0.29) is 11.9 Å². The molecule has 130 valence electrons. The second-order valence-corrected chi connectivity index (χ2v) is 6.42. The third kappa shape index (κ3) is 4.56. The standard InChI is InChI=1S/C20H22FN3O/c21-19-11-17(5-6-20(19)24-9-7-18(25)8-10-24)14-23-13-16-3-1-15(12-22)2-4-16/h1-6,11,18,23,25H,7-10,13-14H2. The highest BCUT2D eigenvalue weighted by Gasteiger charge is 2.19. The molecule has 1 fully saturated rings. The molecule has 2 N–H and O–H groups in total. The van der Waals surface area contributed by atoms with E-state index >= 15 is 0 Å². The van der Waals surface area contributed by atoms with Gasteiger partial charge in [-0.05, 0) is 48.2 Å². The Balaban J connectivity index is 1.54. The third-order valence-corrected chi connectivity index (χ3v) is 4.56. The number of nitriles is 1. The first-order valence-electron chi connectivity index (χ1n) is 8.57. The Morgan fingerprint density at radius 1 is 1.08 bits per heavy atom. The van der Waals surface area contributed by atoms with Gasteiger partial charge in [-0.25, -0.2) is 4.39 Å². The summed E-state index contributed by atoms with van der Waals surface area (Å²) in [7, 11) is 0. The molecule has 1 saturated heterocycles. The van der Waals surface area contributed by atoms with Crippen molar-refractivity contribution in [3.63, 3.8) is 0 Å². The highest BCUT2D eigenvalue weighted by Crippen LogP contribution is 2.24. The molecule has 0 radical (unpaired) electrons. The Hall–Kier alpha value is -2.42. The summed E-state index contributed by atoms with van der Waals surface area (Å²) in [5, 5.41) is 21.6. The van der Waals surface area contributed by atoms with Gasteiger partial charge in [0.15, 0.2) is 0 Å². The normalized spacial score (nSPS) is 15.2. The van der Waals surface area contributed by atoms with Crippen molar-refractivity contribution in [2.45, 2.75) is 32.0 Å². The van der Waals surface area contributed by atoms with Gasteiger partial charge in [-0.2, -0.15) is 5.26 Å². The van der Waals surface area contributed by atoms with Gasteiger partial charge in [-0.3, -0.25) is 0 Å². The molecule has 1 heterocycles. The Morgan fingerprint density at radius 3 is 2.36 bits per heavy atom. The molecule has 0 aliphatic carbocycles. The molecule has 0 saturated carbocycles. The average Bonchev–Trinajstić information content (AvgIpc) is 2.63. The quantitative estimate of drug-likeness (QED) is 0.879. The zero-order valence-electron chi connectivity index (χ0n) is 14.1. The van der Waals surface area contributed by atoms with Gasteiger partial charge in [-0.1, -0.05) is 18.2 Å². The van der Waals surface area contributed by atoms with Crippen LogP contribution in [0.15, 0.2) is 42.5 Å². The van der Waals surface area contributed by atoms with E-state index in [2.05, 4.69) is 11.4 Å². The van der Waals surface area contributed by atoms with Crippen LogP contribution < -0.4 is 10.2 Å². The summed E-state index contributed by atoms with van der Waals surface area (Å²) in [6.45, 7) is 2.62. The number of anilines is 1. The predicted molar refractivity (Wildman–Crippen MR) is 95.6 cm³/mol. The molecule has 4 nitrogen and oxygen atoms in total. The first kappa shape index (κ1) is 17.4. The van der Waals surface area contributed by atoms with E-state index in [4.69, 9.17) is 5.26 Å². The number of halogens is 1. The fraction of sp³-hybridized carbons (Fsp3) is 0.350. The van der Waals surface area contributed by atoms with Crippen LogP contribution in [0.2, 0.25) is 0 Å².